The molecule has 1 aliphatic rings. The van der Waals surface area contributed by atoms with Crippen LogP contribution in [0.4, 0.5) is 0 Å². The van der Waals surface area contributed by atoms with Gasteiger partial charge in [-0.3, -0.25) is 9.59 Å². The van der Waals surface area contributed by atoms with Crippen molar-refractivity contribution in [3.63, 3.8) is 0 Å². The van der Waals surface area contributed by atoms with E-state index in [9.17, 15) is 50.4 Å². The average molecular weight is 693 g/mol. The highest BCUT2D eigenvalue weighted by molar-refractivity contribution is 6.02. The molecule has 6 rings (SSSR count). The van der Waals surface area contributed by atoms with E-state index in [4.69, 9.17) is 4.42 Å². The SMILES string of the molecule is CC(C)=CCCC1=C[C@@H](c2c(O)cc3oc(-c4ccc(O)cc4O)cc(=O)c3c2O)[C@H](C(=O)c2ccc(O)cc2O)[C@@H](c2ccc(O)cc2O)C1. The van der Waals surface area contributed by atoms with Gasteiger partial charge in [0.1, 0.15) is 62.7 Å². The monoisotopic (exact) mass is 692 g/mol. The molecule has 1 aromatic heterocycles. The zero-order valence-electron chi connectivity index (χ0n) is 27.7. The average Bonchev–Trinajstić information content (AvgIpc) is 3.04. The topological polar surface area (TPSA) is 209 Å². The van der Waals surface area contributed by atoms with E-state index in [1.54, 1.807) is 6.08 Å². The summed E-state index contributed by atoms with van der Waals surface area (Å²) in [6.07, 6.45) is 5.17. The van der Waals surface area contributed by atoms with Gasteiger partial charge in [0.25, 0.3) is 0 Å². The molecule has 0 fully saturated rings. The van der Waals surface area contributed by atoms with Gasteiger partial charge >= 0.3 is 0 Å². The van der Waals surface area contributed by atoms with Crippen molar-refractivity contribution in [1.29, 1.82) is 0 Å². The number of benzene rings is 4. The number of hydrogen-bond donors (Lipinski definition) is 8. The molecule has 0 bridgehead atoms. The molecule has 0 unspecified atom stereocenters. The van der Waals surface area contributed by atoms with Gasteiger partial charge in [0.15, 0.2) is 11.2 Å². The lowest BCUT2D eigenvalue weighted by Crippen LogP contribution is -2.32. The number of hydrogen-bond acceptors (Lipinski definition) is 11. The quantitative estimate of drug-likeness (QED) is 0.0588. The lowest BCUT2D eigenvalue weighted by Gasteiger charge is -2.38. The Morgan fingerprint density at radius 3 is 2.08 bits per heavy atom. The van der Waals surface area contributed by atoms with Crippen molar-refractivity contribution >= 4 is 16.8 Å². The Morgan fingerprint density at radius 1 is 0.784 bits per heavy atom. The van der Waals surface area contributed by atoms with E-state index in [0.717, 1.165) is 41.5 Å². The zero-order valence-corrected chi connectivity index (χ0v) is 27.7. The number of fused-ring (bicyclic) bond motifs is 1. The van der Waals surface area contributed by atoms with Gasteiger partial charge < -0.3 is 45.3 Å². The molecule has 0 saturated heterocycles. The third-order valence-corrected chi connectivity index (χ3v) is 9.29. The van der Waals surface area contributed by atoms with Gasteiger partial charge in [-0.05, 0) is 69.0 Å². The van der Waals surface area contributed by atoms with Gasteiger partial charge in [0.05, 0.1) is 11.1 Å². The van der Waals surface area contributed by atoms with Crippen molar-refractivity contribution in [3.8, 4) is 57.3 Å². The van der Waals surface area contributed by atoms with Gasteiger partial charge in [0.2, 0.25) is 0 Å². The van der Waals surface area contributed by atoms with Gasteiger partial charge in [-0.1, -0.05) is 29.4 Å². The summed E-state index contributed by atoms with van der Waals surface area (Å²) in [6, 6.07) is 13.3. The lowest BCUT2D eigenvalue weighted by atomic mass is 9.64. The Balaban J connectivity index is 1.60. The van der Waals surface area contributed by atoms with E-state index in [1.807, 2.05) is 19.9 Å². The predicted octanol–water partition coefficient (Wildman–Crippen LogP) is 7.55. The van der Waals surface area contributed by atoms with E-state index in [-0.39, 0.29) is 68.6 Å². The molecule has 0 amide bonds. The van der Waals surface area contributed by atoms with Gasteiger partial charge in [-0.25, -0.2) is 0 Å². The number of carbonyl (C=O) groups is 1. The number of phenolic OH excluding ortho intramolecular Hbond substituents is 8. The predicted molar refractivity (Wildman–Crippen MR) is 189 cm³/mol. The molecule has 1 aliphatic carbocycles. The Bertz CT molecular complexity index is 2310. The molecular weight excluding hydrogens is 656 g/mol. The van der Waals surface area contributed by atoms with Gasteiger partial charge in [-0.15, -0.1) is 0 Å². The Labute approximate surface area is 291 Å². The van der Waals surface area contributed by atoms with Crippen LogP contribution in [0.25, 0.3) is 22.3 Å². The van der Waals surface area contributed by atoms with Crippen LogP contribution in [0, 0.1) is 5.92 Å². The molecule has 262 valence electrons. The molecule has 0 radical (unpaired) electrons. The number of Topliss-reactive ketones (excluding diaryl/α,β-unsaturated/α-hetero) is 1. The summed E-state index contributed by atoms with van der Waals surface area (Å²) in [7, 11) is 0. The third kappa shape index (κ3) is 6.65. The summed E-state index contributed by atoms with van der Waals surface area (Å²) >= 11 is 0. The summed E-state index contributed by atoms with van der Waals surface area (Å²) in [5.74, 6) is -6.99. The molecule has 4 aromatic carbocycles. The van der Waals surface area contributed by atoms with Crippen molar-refractivity contribution in [3.05, 3.63) is 117 Å². The first kappa shape index (κ1) is 34.5. The van der Waals surface area contributed by atoms with E-state index in [2.05, 4.69) is 0 Å². The Morgan fingerprint density at radius 2 is 1.43 bits per heavy atom. The molecule has 0 saturated carbocycles. The van der Waals surface area contributed by atoms with Gasteiger partial charge in [-0.2, -0.15) is 0 Å². The first-order chi connectivity index (χ1) is 24.2. The maximum Gasteiger partial charge on any atom is 0.197 e. The van der Waals surface area contributed by atoms with E-state index < -0.39 is 46.2 Å². The minimum atomic E-state index is -1.21. The van der Waals surface area contributed by atoms with Crippen LogP contribution >= 0.6 is 0 Å². The smallest absolute Gasteiger partial charge is 0.197 e. The highest BCUT2D eigenvalue weighted by atomic mass is 16.3. The largest absolute Gasteiger partial charge is 0.508 e. The van der Waals surface area contributed by atoms with Gasteiger partial charge in [0, 0.05) is 53.6 Å². The normalized spacial score (nSPS) is 17.2. The summed E-state index contributed by atoms with van der Waals surface area (Å²) in [5, 5.41) is 85.1. The van der Waals surface area contributed by atoms with Crippen LogP contribution in [-0.4, -0.2) is 46.6 Å². The standard InChI is InChI=1S/C40H36O11/c1-19(2)4-3-5-20-12-27(24-9-6-21(41)14-29(24)44)36(39(49)26-11-8-23(43)16-31(26)46)28(13-20)37-32(47)18-35-38(40(37)50)33(48)17-34(51-35)25-10-7-22(42)15-30(25)45/h4,6-11,13-18,27-28,36,41-47,50H,3,5,12H2,1-2H3/t27-,28-,36-/m1/s1. The number of rotatable bonds is 8. The molecular formula is C40H36O11. The minimum absolute atomic E-state index is 0.0713. The zero-order chi connectivity index (χ0) is 36.7. The van der Waals surface area contributed by atoms with Crippen LogP contribution in [0.1, 0.15) is 66.4 Å². The van der Waals surface area contributed by atoms with E-state index in [0.29, 0.717) is 18.4 Å². The number of ketones is 1. The fourth-order valence-corrected chi connectivity index (χ4v) is 6.98. The first-order valence-corrected chi connectivity index (χ1v) is 16.2. The van der Waals surface area contributed by atoms with E-state index in [1.165, 1.54) is 36.4 Å². The molecule has 0 aliphatic heterocycles. The number of phenols is 8. The molecule has 8 N–H and O–H groups in total. The number of carbonyl (C=O) groups excluding carboxylic acids is 1. The van der Waals surface area contributed by atoms with Crippen LogP contribution in [-0.2, 0) is 0 Å². The van der Waals surface area contributed by atoms with Crippen LogP contribution in [0.3, 0.4) is 0 Å². The molecule has 11 heteroatoms. The summed E-state index contributed by atoms with van der Waals surface area (Å²) < 4.78 is 5.87. The third-order valence-electron chi connectivity index (χ3n) is 9.29. The molecule has 11 nitrogen and oxygen atoms in total. The fourth-order valence-electron chi connectivity index (χ4n) is 6.98. The van der Waals surface area contributed by atoms with Crippen molar-refractivity contribution in [1.82, 2.24) is 0 Å². The highest BCUT2D eigenvalue weighted by Gasteiger charge is 2.44. The van der Waals surface area contributed by atoms with Crippen molar-refractivity contribution < 1.29 is 50.1 Å². The van der Waals surface area contributed by atoms with Crippen LogP contribution < -0.4 is 5.43 Å². The second-order valence-corrected chi connectivity index (χ2v) is 13.0. The maximum absolute atomic E-state index is 14.6. The molecule has 0 spiro atoms. The first-order valence-electron chi connectivity index (χ1n) is 16.2. The minimum Gasteiger partial charge on any atom is -0.508 e. The molecule has 51 heavy (non-hydrogen) atoms. The second kappa shape index (κ2) is 13.5. The van der Waals surface area contributed by atoms with E-state index >= 15 is 0 Å². The summed E-state index contributed by atoms with van der Waals surface area (Å²) in [6.45, 7) is 3.92. The molecule has 1 heterocycles. The number of allylic oxidation sites excluding steroid dienone is 4. The maximum atomic E-state index is 14.6. The fraction of sp³-hybridized carbons (Fsp3) is 0.200. The summed E-state index contributed by atoms with van der Waals surface area (Å²) in [4.78, 5) is 28.2. The van der Waals surface area contributed by atoms with Crippen LogP contribution in [0.15, 0.2) is 99.2 Å². The Kier molecular flexibility index (Phi) is 9.14. The number of aromatic hydroxyl groups is 8. The van der Waals surface area contributed by atoms with Crippen molar-refractivity contribution in [2.45, 2.75) is 44.9 Å². The molecule has 3 atom stereocenters. The molecule has 5 aromatic rings. The van der Waals surface area contributed by atoms with Crippen molar-refractivity contribution in [2.24, 2.45) is 5.92 Å². The Hall–Kier alpha value is -6.36. The van der Waals surface area contributed by atoms with Crippen LogP contribution in [0.5, 0.6) is 46.0 Å². The highest BCUT2D eigenvalue weighted by Crippen LogP contribution is 2.54. The lowest BCUT2D eigenvalue weighted by molar-refractivity contribution is 0.0876. The van der Waals surface area contributed by atoms with Crippen molar-refractivity contribution in [2.75, 3.05) is 0 Å². The summed E-state index contributed by atoms with van der Waals surface area (Å²) in [5.41, 5.74) is 0.981. The van der Waals surface area contributed by atoms with Crippen LogP contribution in [0.2, 0.25) is 0 Å². The second-order valence-electron chi connectivity index (χ2n) is 13.0.